The van der Waals surface area contributed by atoms with Crippen LogP contribution >= 0.6 is 11.3 Å². The van der Waals surface area contributed by atoms with Crippen molar-refractivity contribution < 1.29 is 18.8 Å². The topological polar surface area (TPSA) is 92.0 Å². The van der Waals surface area contributed by atoms with E-state index in [0.717, 1.165) is 29.7 Å². The van der Waals surface area contributed by atoms with Crippen molar-refractivity contribution in [1.82, 2.24) is 5.01 Å². The maximum Gasteiger partial charge on any atom is 0.272 e. The van der Waals surface area contributed by atoms with Gasteiger partial charge in [-0.3, -0.25) is 14.4 Å². The Morgan fingerprint density at radius 2 is 2.14 bits per heavy atom. The molecule has 3 heterocycles. The van der Waals surface area contributed by atoms with Gasteiger partial charge in [0.15, 0.2) is 5.76 Å². The largest absolute Gasteiger partial charge is 0.461 e. The lowest BCUT2D eigenvalue weighted by Gasteiger charge is -2.19. The Kier molecular flexibility index (Phi) is 4.89. The van der Waals surface area contributed by atoms with Gasteiger partial charge in [-0.1, -0.05) is 6.92 Å². The number of amides is 2. The van der Waals surface area contributed by atoms with Gasteiger partial charge in [-0.25, -0.2) is 5.01 Å². The zero-order valence-corrected chi connectivity index (χ0v) is 16.6. The maximum absolute atomic E-state index is 13.1. The summed E-state index contributed by atoms with van der Waals surface area (Å²) in [5.41, 5.74) is 1.83. The van der Waals surface area contributed by atoms with Gasteiger partial charge in [0.1, 0.15) is 10.7 Å². The Morgan fingerprint density at radius 3 is 2.86 bits per heavy atom. The van der Waals surface area contributed by atoms with Crippen molar-refractivity contribution in [3.8, 4) is 0 Å². The molecule has 28 heavy (non-hydrogen) atoms. The SMILES string of the molecule is CC1CCc2c(sc(NC(=O)C3=NN(C)C(=O)CC3)c2C(=O)c2ccco2)C1. The first-order valence-corrected chi connectivity index (χ1v) is 10.1. The second kappa shape index (κ2) is 7.35. The Bertz CT molecular complexity index is 974. The van der Waals surface area contributed by atoms with Crippen molar-refractivity contribution in [2.24, 2.45) is 11.0 Å². The Morgan fingerprint density at radius 1 is 1.32 bits per heavy atom. The third-order valence-electron chi connectivity index (χ3n) is 5.18. The van der Waals surface area contributed by atoms with Crippen molar-refractivity contribution in [1.29, 1.82) is 0 Å². The first kappa shape index (κ1) is 18.6. The highest BCUT2D eigenvalue weighted by atomic mass is 32.1. The monoisotopic (exact) mass is 399 g/mol. The fourth-order valence-electron chi connectivity index (χ4n) is 3.62. The number of furan rings is 1. The van der Waals surface area contributed by atoms with Crippen LogP contribution in [0.4, 0.5) is 5.00 Å². The molecule has 1 unspecified atom stereocenters. The number of thiophene rings is 1. The number of carbonyl (C=O) groups is 3. The van der Waals surface area contributed by atoms with Gasteiger partial charge in [0.05, 0.1) is 11.8 Å². The molecule has 1 aliphatic heterocycles. The number of fused-ring (bicyclic) bond motifs is 1. The van der Waals surface area contributed by atoms with Gasteiger partial charge in [0, 0.05) is 24.8 Å². The lowest BCUT2D eigenvalue weighted by molar-refractivity contribution is -0.130. The molecule has 2 aromatic rings. The molecule has 1 N–H and O–H groups in total. The molecule has 2 aliphatic rings. The number of anilines is 1. The van der Waals surface area contributed by atoms with Crippen molar-refractivity contribution in [2.75, 3.05) is 12.4 Å². The normalized spacial score (nSPS) is 19.2. The maximum atomic E-state index is 13.1. The van der Waals surface area contributed by atoms with Gasteiger partial charge >= 0.3 is 0 Å². The molecule has 1 aliphatic carbocycles. The van der Waals surface area contributed by atoms with Crippen molar-refractivity contribution in [3.05, 3.63) is 40.2 Å². The molecule has 0 radical (unpaired) electrons. The van der Waals surface area contributed by atoms with Crippen LogP contribution in [0.2, 0.25) is 0 Å². The van der Waals surface area contributed by atoms with Crippen molar-refractivity contribution in [3.63, 3.8) is 0 Å². The minimum atomic E-state index is -0.375. The second-order valence-electron chi connectivity index (χ2n) is 7.28. The van der Waals surface area contributed by atoms with Gasteiger partial charge in [-0.15, -0.1) is 11.3 Å². The number of rotatable bonds is 4. The molecule has 0 aromatic carbocycles. The third kappa shape index (κ3) is 3.40. The fraction of sp³-hybridized carbons (Fsp3) is 0.400. The lowest BCUT2D eigenvalue weighted by Crippen LogP contribution is -2.34. The first-order valence-electron chi connectivity index (χ1n) is 9.32. The van der Waals surface area contributed by atoms with E-state index in [0.29, 0.717) is 28.6 Å². The highest BCUT2D eigenvalue weighted by molar-refractivity contribution is 7.17. The van der Waals surface area contributed by atoms with Crippen molar-refractivity contribution in [2.45, 2.75) is 39.0 Å². The van der Waals surface area contributed by atoms with E-state index in [2.05, 4.69) is 17.3 Å². The molecule has 0 saturated carbocycles. The molecule has 0 fully saturated rings. The highest BCUT2D eigenvalue weighted by Crippen LogP contribution is 2.40. The van der Waals surface area contributed by atoms with E-state index < -0.39 is 0 Å². The number of carbonyl (C=O) groups excluding carboxylic acids is 3. The summed E-state index contributed by atoms with van der Waals surface area (Å²) in [5, 5.41) is 8.67. The summed E-state index contributed by atoms with van der Waals surface area (Å²) in [6.07, 6.45) is 4.72. The summed E-state index contributed by atoms with van der Waals surface area (Å²) in [6, 6.07) is 3.31. The van der Waals surface area contributed by atoms with Gasteiger partial charge in [0.25, 0.3) is 5.91 Å². The van der Waals surface area contributed by atoms with E-state index in [1.807, 2.05) is 0 Å². The molecule has 8 heteroatoms. The van der Waals surface area contributed by atoms with Crippen LogP contribution in [0.3, 0.4) is 0 Å². The van der Waals surface area contributed by atoms with E-state index >= 15 is 0 Å². The van der Waals surface area contributed by atoms with Crippen molar-refractivity contribution >= 4 is 39.6 Å². The van der Waals surface area contributed by atoms with Gasteiger partial charge in [0.2, 0.25) is 11.7 Å². The molecular weight excluding hydrogens is 378 g/mol. The number of hydrogen-bond acceptors (Lipinski definition) is 6. The number of ketones is 1. The second-order valence-corrected chi connectivity index (χ2v) is 8.39. The van der Waals surface area contributed by atoms with Crippen LogP contribution in [-0.2, 0) is 22.4 Å². The molecule has 1 atom stereocenters. The molecule has 0 bridgehead atoms. The Hall–Kier alpha value is -2.74. The third-order valence-corrected chi connectivity index (χ3v) is 6.35. The van der Waals surface area contributed by atoms with E-state index in [1.54, 1.807) is 12.1 Å². The molecular formula is C20H21N3O4S. The molecule has 7 nitrogen and oxygen atoms in total. The minimum Gasteiger partial charge on any atom is -0.461 e. The van der Waals surface area contributed by atoms with E-state index in [1.165, 1.54) is 29.7 Å². The summed E-state index contributed by atoms with van der Waals surface area (Å²) in [6.45, 7) is 2.19. The van der Waals surface area contributed by atoms with Gasteiger partial charge in [-0.2, -0.15) is 5.10 Å². The standard InChI is InChI=1S/C20H21N3O4S/c1-11-5-6-12-15(10-11)28-20(17(12)18(25)14-4-3-9-27-14)21-19(26)13-7-8-16(24)23(2)22-13/h3-4,9,11H,5-8,10H2,1-2H3,(H,21,26). The highest BCUT2D eigenvalue weighted by Gasteiger charge is 2.31. The van der Waals surface area contributed by atoms with Crippen LogP contribution in [0.1, 0.15) is 52.7 Å². The summed E-state index contributed by atoms with van der Waals surface area (Å²) in [5.74, 6) is 0.0919. The molecule has 2 amide bonds. The average molecular weight is 399 g/mol. The van der Waals surface area contributed by atoms with Crippen LogP contribution < -0.4 is 5.32 Å². The van der Waals surface area contributed by atoms with Gasteiger partial charge in [-0.05, 0) is 42.9 Å². The predicted molar refractivity (Wildman–Crippen MR) is 106 cm³/mol. The fourth-order valence-corrected chi connectivity index (χ4v) is 5.02. The van der Waals surface area contributed by atoms with Crippen LogP contribution in [0.15, 0.2) is 27.9 Å². The summed E-state index contributed by atoms with van der Waals surface area (Å²) in [7, 11) is 1.53. The number of hydrogen-bond donors (Lipinski definition) is 1. The summed E-state index contributed by atoms with van der Waals surface area (Å²) < 4.78 is 5.31. The van der Waals surface area contributed by atoms with Crippen LogP contribution in [0.25, 0.3) is 0 Å². The molecule has 0 saturated heterocycles. The minimum absolute atomic E-state index is 0.120. The van der Waals surface area contributed by atoms with Crippen LogP contribution in [0, 0.1) is 5.92 Å². The van der Waals surface area contributed by atoms with Gasteiger partial charge < -0.3 is 9.73 Å². The van der Waals surface area contributed by atoms with Crippen LogP contribution in [-0.4, -0.2) is 35.4 Å². The van der Waals surface area contributed by atoms with E-state index in [9.17, 15) is 14.4 Å². The molecule has 0 spiro atoms. The number of nitrogens with zero attached hydrogens (tertiary/aromatic N) is 2. The molecule has 2 aromatic heterocycles. The van der Waals surface area contributed by atoms with E-state index in [-0.39, 0.29) is 29.8 Å². The zero-order chi connectivity index (χ0) is 19.8. The average Bonchev–Trinajstić information content (AvgIpc) is 3.31. The zero-order valence-electron chi connectivity index (χ0n) is 15.8. The number of hydrazone groups is 1. The van der Waals surface area contributed by atoms with Crippen LogP contribution in [0.5, 0.6) is 0 Å². The molecule has 146 valence electrons. The Balaban J connectivity index is 1.68. The summed E-state index contributed by atoms with van der Waals surface area (Å²) in [4.78, 5) is 38.6. The lowest BCUT2D eigenvalue weighted by atomic mass is 9.87. The summed E-state index contributed by atoms with van der Waals surface area (Å²) >= 11 is 1.45. The Labute approximate surface area is 166 Å². The predicted octanol–water partition coefficient (Wildman–Crippen LogP) is 3.24. The number of nitrogens with one attached hydrogen (secondary N) is 1. The first-order chi connectivity index (χ1) is 13.4. The van der Waals surface area contributed by atoms with E-state index in [4.69, 9.17) is 4.42 Å². The smallest absolute Gasteiger partial charge is 0.272 e. The quantitative estimate of drug-likeness (QED) is 0.799. The molecule has 4 rings (SSSR count).